The van der Waals surface area contributed by atoms with Crippen LogP contribution in [-0.2, 0) is 59.0 Å². The van der Waals surface area contributed by atoms with Crippen molar-refractivity contribution in [3.63, 3.8) is 0 Å². The van der Waals surface area contributed by atoms with E-state index in [4.69, 9.17) is 56.4 Å². The number of carbonyl (C=O) groups excluding carboxylic acids is 10. The first-order valence-corrected chi connectivity index (χ1v) is 33.2. The second-order valence-electron chi connectivity index (χ2n) is 26.0. The monoisotopic (exact) mass is 1490 g/mol. The molecule has 8 aromatic carbocycles. The molecule has 30 nitrogen and oxygen atoms in total. The number of cyclic esters (lactones) is 1. The molecule has 9 atom stereocenters. The Morgan fingerprint density at radius 1 is 0.547 bits per heavy atom. The van der Waals surface area contributed by atoms with Gasteiger partial charge in [0.25, 0.3) is 0 Å². The molecule has 0 spiro atoms. The molecule has 1 fully saturated rings. The summed E-state index contributed by atoms with van der Waals surface area (Å²) in [4.78, 5) is 149. The Balaban J connectivity index is 1.02. The van der Waals surface area contributed by atoms with Crippen LogP contribution in [0.4, 0.5) is 4.79 Å². The molecule has 0 aromatic heterocycles. The smallest absolute Gasteiger partial charge is 0.408 e. The number of hydrogen-bond donors (Lipinski definition) is 13. The quantitative estimate of drug-likeness (QED) is 0.0443. The van der Waals surface area contributed by atoms with Gasteiger partial charge in [0.15, 0.2) is 35.1 Å². The number of aliphatic hydroxyl groups is 1. The summed E-state index contributed by atoms with van der Waals surface area (Å²) < 4.78 is 41.8. The first-order valence-electron chi connectivity index (χ1n) is 32.5. The van der Waals surface area contributed by atoms with Crippen molar-refractivity contribution < 1.29 is 112 Å². The minimum Gasteiger partial charge on any atom is -0.508 e. The maximum Gasteiger partial charge on any atom is 0.408 e. The largest absolute Gasteiger partial charge is 0.508 e. The van der Waals surface area contributed by atoms with Crippen molar-refractivity contribution in [2.24, 2.45) is 0 Å². The molecule has 1 saturated heterocycles. The normalized spacial score (nSPS) is 21.3. The Bertz CT molecular complexity index is 5010. The zero-order valence-electron chi connectivity index (χ0n) is 55.6. The number of fused-ring (bicyclic) bond motifs is 14. The van der Waals surface area contributed by atoms with Gasteiger partial charge < -0.3 is 101 Å². The van der Waals surface area contributed by atoms with Crippen LogP contribution in [0.15, 0.2) is 146 Å². The molecule has 0 saturated carbocycles. The number of ether oxygens (including phenoxy) is 7. The number of benzene rings is 8. The molecule has 1 unspecified atom stereocenters. The summed E-state index contributed by atoms with van der Waals surface area (Å²) in [5, 5.41) is 87.4. The van der Waals surface area contributed by atoms with Crippen LogP contribution < -0.4 is 56.2 Å². The summed E-state index contributed by atoms with van der Waals surface area (Å²) in [5.41, 5.74) is -3.86. The van der Waals surface area contributed by atoms with E-state index in [1.165, 1.54) is 72.8 Å². The van der Waals surface area contributed by atoms with Crippen LogP contribution in [-0.4, -0.2) is 120 Å². The van der Waals surface area contributed by atoms with Crippen LogP contribution in [0.1, 0.15) is 113 Å². The number of alkyl carbamates (subject to hydrolysis) is 1. The number of hydrogen-bond acceptors (Lipinski definition) is 23. The van der Waals surface area contributed by atoms with Gasteiger partial charge in [-0.3, -0.25) is 28.8 Å². The first-order chi connectivity index (χ1) is 50.5. The van der Waals surface area contributed by atoms with Crippen molar-refractivity contribution >= 4 is 82.6 Å². The van der Waals surface area contributed by atoms with Crippen molar-refractivity contribution in [1.82, 2.24) is 37.2 Å². The van der Waals surface area contributed by atoms with Crippen LogP contribution in [0.5, 0.6) is 69.0 Å². The molecule has 32 heteroatoms. The maximum atomic E-state index is 16.3. The molecule has 544 valence electrons. The highest BCUT2D eigenvalue weighted by atomic mass is 35.5. The third-order valence-electron chi connectivity index (χ3n) is 17.4. The van der Waals surface area contributed by atoms with Gasteiger partial charge in [0.05, 0.1) is 22.2 Å². The lowest BCUT2D eigenvalue weighted by Gasteiger charge is -2.31. The Kier molecular flexibility index (Phi) is 19.4. The van der Waals surface area contributed by atoms with Crippen LogP contribution in [0, 0.1) is 0 Å². The van der Waals surface area contributed by atoms with Crippen LogP contribution >= 0.6 is 23.2 Å². The zero-order valence-corrected chi connectivity index (χ0v) is 57.1. The van der Waals surface area contributed by atoms with Gasteiger partial charge in [-0.15, -0.1) is 0 Å². The fourth-order valence-electron chi connectivity index (χ4n) is 12.4. The van der Waals surface area contributed by atoms with Crippen molar-refractivity contribution in [1.29, 1.82) is 0 Å². The number of phenols is 5. The second-order valence-corrected chi connectivity index (χ2v) is 26.8. The fourth-order valence-corrected chi connectivity index (χ4v) is 12.9. The molecule has 7 amide bonds. The summed E-state index contributed by atoms with van der Waals surface area (Å²) in [6.07, 6.45) is -5.23. The Hall–Kier alpha value is -12.8. The standard InChI is InChI=1S/C74H61Cl2N7O23/c1-74(2,3)106-73(99)83-57-34-11-14-47(87)52(25-34)101-40-22-36(21-38(84)28-40)58-67(93)80-59-37-26-53(102-49-15-9-31(19-43(49)75)20-45(64(90)78-58)77-65(57)91)63(104-51-17-18-100-71(51)97)54(27-37)103-50-16-12-35(24-44(50)76)62(89)61-69(95)81-60(72(98)105-70(96)32-7-5-4-6-8-32)42-29-39(85)30-48(88)55(42)41-23-33(10-13-46(41)86)56(66(92)82-61)79-68(59)94/h4-16,19,21-30,45,51,56-62,84-89H,17-18,20H2,1-3H3,(H,77,91)(H,78,90)(H,79,94)(H,80,93)(H,81,95)(H,82,92)(H,83,99)/t45-,51?,56-,57-,58+,59-,60-,61+,62-/m1/s1. The van der Waals surface area contributed by atoms with E-state index in [9.17, 15) is 54.6 Å². The van der Waals surface area contributed by atoms with E-state index in [1.54, 1.807) is 26.8 Å². The topological polar surface area (TPSA) is 441 Å². The molecule has 17 bridgehead atoms. The number of nitrogens with one attached hydrogen (secondary N) is 7. The number of phenolic OH excluding ortho intramolecular Hbond substituents is 5. The van der Waals surface area contributed by atoms with E-state index in [1.807, 2.05) is 0 Å². The predicted octanol–water partition coefficient (Wildman–Crippen LogP) is 7.84. The van der Waals surface area contributed by atoms with Crippen molar-refractivity contribution in [3.8, 4) is 80.1 Å². The second kappa shape index (κ2) is 28.8. The average Bonchev–Trinajstić information content (AvgIpc) is 0.834. The Morgan fingerprint density at radius 3 is 1.83 bits per heavy atom. The first kappa shape index (κ1) is 71.6. The van der Waals surface area contributed by atoms with E-state index >= 15 is 24.0 Å². The number of amides is 7. The predicted molar refractivity (Wildman–Crippen MR) is 368 cm³/mol. The number of aliphatic hydroxyl groups excluding tert-OH is 1. The number of halogens is 2. The number of aromatic hydroxyl groups is 5. The van der Waals surface area contributed by atoms with Gasteiger partial charge in [0.1, 0.15) is 88.2 Å². The molecule has 0 radical (unpaired) electrons. The van der Waals surface area contributed by atoms with Gasteiger partial charge in [-0.05, 0) is 145 Å². The summed E-state index contributed by atoms with van der Waals surface area (Å²) in [7, 11) is 0. The highest BCUT2D eigenvalue weighted by Gasteiger charge is 2.43. The third kappa shape index (κ3) is 15.0. The highest BCUT2D eigenvalue weighted by Crippen LogP contribution is 2.50. The van der Waals surface area contributed by atoms with Gasteiger partial charge in [0, 0.05) is 41.7 Å². The van der Waals surface area contributed by atoms with Crippen molar-refractivity contribution in [3.05, 3.63) is 200 Å². The van der Waals surface area contributed by atoms with Gasteiger partial charge in [-0.2, -0.15) is 0 Å². The van der Waals surface area contributed by atoms with Gasteiger partial charge in [-0.1, -0.05) is 65.7 Å². The van der Waals surface area contributed by atoms with Gasteiger partial charge in [-0.25, -0.2) is 19.2 Å². The van der Waals surface area contributed by atoms with Crippen LogP contribution in [0.3, 0.4) is 0 Å². The zero-order chi connectivity index (χ0) is 75.3. The molecule has 15 rings (SSSR count). The molecule has 7 heterocycles. The highest BCUT2D eigenvalue weighted by molar-refractivity contribution is 6.32. The van der Waals surface area contributed by atoms with Crippen molar-refractivity contribution in [2.45, 2.75) is 93.7 Å². The van der Waals surface area contributed by atoms with E-state index < -0.39 is 189 Å². The molecular formula is C74H61Cl2N7O23. The van der Waals surface area contributed by atoms with E-state index in [-0.39, 0.29) is 85.0 Å². The molecule has 106 heavy (non-hydrogen) atoms. The molecular weight excluding hydrogens is 1430 g/mol. The summed E-state index contributed by atoms with van der Waals surface area (Å²) in [6.45, 7) is 4.59. The minimum absolute atomic E-state index is 0.0253. The van der Waals surface area contributed by atoms with Crippen LogP contribution in [0.25, 0.3) is 11.1 Å². The van der Waals surface area contributed by atoms with Gasteiger partial charge in [0.2, 0.25) is 41.2 Å². The number of esters is 3. The van der Waals surface area contributed by atoms with Crippen molar-refractivity contribution in [2.75, 3.05) is 6.61 Å². The molecule has 8 aromatic rings. The summed E-state index contributed by atoms with van der Waals surface area (Å²) >= 11 is 14.2. The summed E-state index contributed by atoms with van der Waals surface area (Å²) in [6, 6.07) is 14.1. The van der Waals surface area contributed by atoms with Gasteiger partial charge >= 0.3 is 24.0 Å². The van der Waals surface area contributed by atoms with E-state index in [0.717, 1.165) is 66.7 Å². The number of rotatable bonds is 5. The minimum atomic E-state index is -2.31. The Morgan fingerprint density at radius 2 is 1.16 bits per heavy atom. The summed E-state index contributed by atoms with van der Waals surface area (Å²) in [5.74, 6) is -17.3. The lowest BCUT2D eigenvalue weighted by atomic mass is 9.89. The molecule has 7 aliphatic rings. The Labute approximate surface area is 609 Å². The lowest BCUT2D eigenvalue weighted by Crippen LogP contribution is -2.55. The lowest BCUT2D eigenvalue weighted by molar-refractivity contribution is -0.144. The SMILES string of the molecule is CC(C)(C)OC(=O)N[C@H]1C(=O)N[C@@H]2Cc3ccc(c(Cl)c3)Oc3cc4cc(c3OC3CCOC3=O)Oc3ccc(cc3Cl)[C@@H](O)[C@@H]3NC(=O)[C@H](NC(=O)[C@@H]4NC(=O)[C@@H](NC2=O)c2cc(O)cc(c2)Oc2cc1ccc2O)c1ccc(O)c(c1)-c1c(O)cc(O)cc1[C@H](C(=O)OC(=O)c1ccccc1)NC3=O. The molecule has 7 aliphatic heterocycles. The molecule has 0 aliphatic carbocycles. The third-order valence-corrected chi connectivity index (χ3v) is 18.0. The van der Waals surface area contributed by atoms with E-state index in [0.29, 0.717) is 0 Å². The van der Waals surface area contributed by atoms with E-state index in [2.05, 4.69) is 37.2 Å². The average molecular weight is 1490 g/mol. The maximum absolute atomic E-state index is 16.3. The fraction of sp³-hybridized carbons (Fsp3) is 0.216. The number of carbonyl (C=O) groups is 10. The molecule has 13 N–H and O–H groups in total. The van der Waals surface area contributed by atoms with Crippen LogP contribution in [0.2, 0.25) is 10.0 Å².